The molecule has 0 saturated heterocycles. The summed E-state index contributed by atoms with van der Waals surface area (Å²) in [7, 11) is 0. The lowest BCUT2D eigenvalue weighted by Crippen LogP contribution is -2.30. The number of rotatable bonds is 58. The molecule has 0 aromatic carbocycles. The number of ether oxygens (including phenoxy) is 3. The van der Waals surface area contributed by atoms with Gasteiger partial charge in [-0.25, -0.2) is 0 Å². The highest BCUT2D eigenvalue weighted by atomic mass is 16.6. The van der Waals surface area contributed by atoms with Crippen molar-refractivity contribution in [1.29, 1.82) is 0 Å². The molecule has 0 amide bonds. The zero-order valence-corrected chi connectivity index (χ0v) is 51.3. The second-order valence-corrected chi connectivity index (χ2v) is 21.3. The Balaban J connectivity index is 4.29. The van der Waals surface area contributed by atoms with E-state index in [1.165, 1.54) is 103 Å². The summed E-state index contributed by atoms with van der Waals surface area (Å²) in [5, 5.41) is 0. The Kier molecular flexibility index (Phi) is 62.3. The van der Waals surface area contributed by atoms with E-state index in [0.717, 1.165) is 148 Å². The molecule has 0 aromatic rings. The minimum atomic E-state index is -0.794. The van der Waals surface area contributed by atoms with Crippen LogP contribution in [0.3, 0.4) is 0 Å². The fourth-order valence-corrected chi connectivity index (χ4v) is 8.76. The minimum absolute atomic E-state index is 0.0897. The van der Waals surface area contributed by atoms with Gasteiger partial charge in [0.2, 0.25) is 0 Å². The van der Waals surface area contributed by atoms with E-state index in [2.05, 4.69) is 154 Å². The molecule has 0 rings (SSSR count). The third-order valence-corrected chi connectivity index (χ3v) is 13.6. The minimum Gasteiger partial charge on any atom is -0.462 e. The van der Waals surface area contributed by atoms with Gasteiger partial charge in [0.15, 0.2) is 6.10 Å². The van der Waals surface area contributed by atoms with Crippen LogP contribution in [0.2, 0.25) is 0 Å². The van der Waals surface area contributed by atoms with E-state index in [0.29, 0.717) is 19.3 Å². The predicted molar refractivity (Wildman–Crippen MR) is 343 cm³/mol. The lowest BCUT2D eigenvalue weighted by atomic mass is 10.1. The van der Waals surface area contributed by atoms with Gasteiger partial charge in [0.25, 0.3) is 0 Å². The summed E-state index contributed by atoms with van der Waals surface area (Å²) in [6.45, 7) is 6.48. The van der Waals surface area contributed by atoms with Crippen LogP contribution in [0, 0.1) is 0 Å². The maximum absolute atomic E-state index is 12.9. The van der Waals surface area contributed by atoms with Crippen molar-refractivity contribution in [3.05, 3.63) is 134 Å². The molecule has 0 aliphatic rings. The molecule has 0 saturated carbocycles. The highest BCUT2D eigenvalue weighted by molar-refractivity contribution is 5.71. The van der Waals surface area contributed by atoms with E-state index >= 15 is 0 Å². The van der Waals surface area contributed by atoms with Crippen molar-refractivity contribution in [2.45, 2.75) is 297 Å². The predicted octanol–water partition coefficient (Wildman–Crippen LogP) is 22.5. The number of hydrogen-bond acceptors (Lipinski definition) is 6. The highest BCUT2D eigenvalue weighted by Gasteiger charge is 2.19. The Bertz CT molecular complexity index is 1680. The van der Waals surface area contributed by atoms with Crippen molar-refractivity contribution in [2.75, 3.05) is 13.2 Å². The summed E-state index contributed by atoms with van der Waals surface area (Å²) in [5.74, 6) is -0.918. The van der Waals surface area contributed by atoms with Crippen molar-refractivity contribution in [3.63, 3.8) is 0 Å². The molecule has 0 N–H and O–H groups in total. The van der Waals surface area contributed by atoms with Gasteiger partial charge in [0.1, 0.15) is 13.2 Å². The van der Waals surface area contributed by atoms with Crippen LogP contribution in [0.25, 0.3) is 0 Å². The van der Waals surface area contributed by atoms with E-state index in [-0.39, 0.29) is 31.1 Å². The normalized spacial score (nSPS) is 13.0. The molecule has 0 bridgehead atoms. The molecular weight excluding hydrogens is 973 g/mol. The van der Waals surface area contributed by atoms with E-state index in [1.54, 1.807) is 0 Å². The molecule has 6 nitrogen and oxygen atoms in total. The quantitative estimate of drug-likeness (QED) is 0.0261. The Morgan fingerprint density at radius 2 is 0.494 bits per heavy atom. The average Bonchev–Trinajstić information content (AvgIpc) is 3.45. The first-order valence-corrected chi connectivity index (χ1v) is 32.7. The number of unbranched alkanes of at least 4 members (excludes halogenated alkanes) is 25. The fraction of sp³-hybridized carbons (Fsp3) is 0.658. The van der Waals surface area contributed by atoms with Crippen LogP contribution in [-0.4, -0.2) is 37.2 Å². The summed E-state index contributed by atoms with van der Waals surface area (Å²) in [4.78, 5) is 38.2. The van der Waals surface area contributed by atoms with Gasteiger partial charge in [-0.05, 0) is 122 Å². The first kappa shape index (κ1) is 74.5. The number of carbonyl (C=O) groups excluding carboxylic acids is 3. The van der Waals surface area contributed by atoms with E-state index in [1.807, 2.05) is 0 Å². The molecule has 448 valence electrons. The monoisotopic (exact) mass is 1090 g/mol. The zero-order chi connectivity index (χ0) is 57.1. The van der Waals surface area contributed by atoms with Crippen LogP contribution < -0.4 is 0 Å². The van der Waals surface area contributed by atoms with Crippen LogP contribution in [0.5, 0.6) is 0 Å². The summed E-state index contributed by atoms with van der Waals surface area (Å²) in [6.07, 6.45) is 93.2. The third kappa shape index (κ3) is 64.3. The number of esters is 3. The maximum atomic E-state index is 12.9. The van der Waals surface area contributed by atoms with E-state index in [9.17, 15) is 14.4 Å². The average molecular weight is 1090 g/mol. The van der Waals surface area contributed by atoms with Gasteiger partial charge in [-0.1, -0.05) is 283 Å². The van der Waals surface area contributed by atoms with Crippen LogP contribution >= 0.6 is 0 Å². The second-order valence-electron chi connectivity index (χ2n) is 21.3. The lowest BCUT2D eigenvalue weighted by molar-refractivity contribution is -0.167. The molecule has 0 spiro atoms. The van der Waals surface area contributed by atoms with Gasteiger partial charge in [-0.2, -0.15) is 0 Å². The molecule has 0 aliphatic heterocycles. The standard InChI is InChI=1S/C73H120O6/c1-4-7-10-13-16-19-21-23-25-27-29-31-32-33-34-35-36-37-38-39-40-42-43-45-47-49-51-54-57-60-63-66-72(75)78-69-70(68-77-71(74)65-62-59-56-53-18-15-12-9-6-3)79-73(76)67-64-61-58-55-52-50-48-46-44-41-30-28-26-24-22-20-17-14-11-8-5-2/h7,10,16,19,22-25,28-31,33-34,36-37,39-40,43-46,70H,4-6,8-9,11-15,17-18,20-21,26-27,32,35,38,41-42,47-69H2,1-3H3/b10-7-,19-16-,24-22-,25-23-,30-28-,31-29-,34-33-,37-36-,40-39-,45-43-,46-44-. The van der Waals surface area contributed by atoms with E-state index in [4.69, 9.17) is 14.2 Å². The highest BCUT2D eigenvalue weighted by Crippen LogP contribution is 2.15. The molecule has 0 aromatic heterocycles. The van der Waals surface area contributed by atoms with Gasteiger partial charge in [0.05, 0.1) is 0 Å². The second kappa shape index (κ2) is 66.1. The van der Waals surface area contributed by atoms with Crippen molar-refractivity contribution >= 4 is 17.9 Å². The van der Waals surface area contributed by atoms with Crippen molar-refractivity contribution < 1.29 is 28.6 Å². The Labute approximate surface area is 487 Å². The van der Waals surface area contributed by atoms with Crippen LogP contribution in [0.4, 0.5) is 0 Å². The molecule has 0 radical (unpaired) electrons. The number of hydrogen-bond donors (Lipinski definition) is 0. The number of carbonyl (C=O) groups is 3. The fourth-order valence-electron chi connectivity index (χ4n) is 8.76. The lowest BCUT2D eigenvalue weighted by Gasteiger charge is -2.18. The third-order valence-electron chi connectivity index (χ3n) is 13.6. The van der Waals surface area contributed by atoms with Gasteiger partial charge in [-0.3, -0.25) is 14.4 Å². The topological polar surface area (TPSA) is 78.9 Å². The van der Waals surface area contributed by atoms with Crippen molar-refractivity contribution in [1.82, 2.24) is 0 Å². The maximum Gasteiger partial charge on any atom is 0.306 e. The Morgan fingerprint density at radius 3 is 0.772 bits per heavy atom. The molecular formula is C73H120O6. The molecule has 6 heteroatoms. The summed E-state index contributed by atoms with van der Waals surface area (Å²) in [6, 6.07) is 0. The summed E-state index contributed by atoms with van der Waals surface area (Å²) < 4.78 is 16.9. The van der Waals surface area contributed by atoms with Gasteiger partial charge < -0.3 is 14.2 Å². The SMILES string of the molecule is CC/C=C\C/C=C\C/C=C\C/C=C\C/C=C\C/C=C\C/C=C\C/C=C\CCCCCCCCC(=O)OCC(COC(=O)CCCCCCCCCCC)OC(=O)CCCCCCCC/C=C\C/C=C\C/C=C\CCCCCCC. The largest absolute Gasteiger partial charge is 0.462 e. The van der Waals surface area contributed by atoms with Crippen LogP contribution in [0.15, 0.2) is 134 Å². The van der Waals surface area contributed by atoms with Crippen molar-refractivity contribution in [2.24, 2.45) is 0 Å². The first-order valence-electron chi connectivity index (χ1n) is 32.7. The Morgan fingerprint density at radius 1 is 0.266 bits per heavy atom. The Hall–Kier alpha value is -4.45. The molecule has 1 atom stereocenters. The van der Waals surface area contributed by atoms with Gasteiger partial charge >= 0.3 is 17.9 Å². The van der Waals surface area contributed by atoms with Crippen LogP contribution in [0.1, 0.15) is 290 Å². The summed E-state index contributed by atoms with van der Waals surface area (Å²) in [5.41, 5.74) is 0. The van der Waals surface area contributed by atoms with Gasteiger partial charge in [0, 0.05) is 19.3 Å². The first-order chi connectivity index (χ1) is 39.0. The van der Waals surface area contributed by atoms with Gasteiger partial charge in [-0.15, -0.1) is 0 Å². The molecule has 0 heterocycles. The zero-order valence-electron chi connectivity index (χ0n) is 51.3. The smallest absolute Gasteiger partial charge is 0.306 e. The number of allylic oxidation sites excluding steroid dienone is 22. The molecule has 0 fully saturated rings. The molecule has 0 aliphatic carbocycles. The van der Waals surface area contributed by atoms with Crippen LogP contribution in [-0.2, 0) is 28.6 Å². The molecule has 79 heavy (non-hydrogen) atoms. The summed E-state index contributed by atoms with van der Waals surface area (Å²) >= 11 is 0. The van der Waals surface area contributed by atoms with Crippen molar-refractivity contribution in [3.8, 4) is 0 Å². The van der Waals surface area contributed by atoms with E-state index < -0.39 is 6.10 Å². The molecule has 1 unspecified atom stereocenters.